The van der Waals surface area contributed by atoms with Crippen molar-refractivity contribution >= 4 is 5.91 Å². The zero-order chi connectivity index (χ0) is 14.5. The fourth-order valence-corrected chi connectivity index (χ4v) is 2.88. The van der Waals surface area contributed by atoms with Gasteiger partial charge >= 0.3 is 0 Å². The molecule has 0 saturated carbocycles. The van der Waals surface area contributed by atoms with E-state index in [0.717, 1.165) is 24.2 Å². The molecule has 0 aromatic heterocycles. The number of hydrogen-bond acceptors (Lipinski definition) is 3. The Morgan fingerprint density at radius 2 is 2.10 bits per heavy atom. The van der Waals surface area contributed by atoms with Gasteiger partial charge in [0.1, 0.15) is 18.3 Å². The predicted molar refractivity (Wildman–Crippen MR) is 77.8 cm³/mol. The molecule has 1 aliphatic heterocycles. The highest BCUT2D eigenvalue weighted by molar-refractivity contribution is 5.85. The largest absolute Gasteiger partial charge is 0.492 e. The molecule has 0 spiro atoms. The Bertz CT molecular complexity index is 457. The summed E-state index contributed by atoms with van der Waals surface area (Å²) in [6.45, 7) is 4.94. The van der Waals surface area contributed by atoms with Gasteiger partial charge in [-0.15, -0.1) is 0 Å². The Morgan fingerprint density at radius 3 is 2.75 bits per heavy atom. The molecule has 0 saturated heterocycles. The number of aliphatic hydroxyl groups is 1. The van der Waals surface area contributed by atoms with Gasteiger partial charge in [-0.05, 0) is 18.9 Å². The fourth-order valence-electron chi connectivity index (χ4n) is 2.88. The molecule has 1 aromatic carbocycles. The first-order valence-electron chi connectivity index (χ1n) is 7.35. The third kappa shape index (κ3) is 2.80. The van der Waals surface area contributed by atoms with Crippen molar-refractivity contribution in [3.63, 3.8) is 0 Å². The minimum Gasteiger partial charge on any atom is -0.492 e. The molecule has 20 heavy (non-hydrogen) atoms. The molecule has 1 atom stereocenters. The van der Waals surface area contributed by atoms with Crippen molar-refractivity contribution in [1.82, 2.24) is 4.90 Å². The second kappa shape index (κ2) is 6.75. The average Bonchev–Trinajstić information content (AvgIpc) is 2.91. The summed E-state index contributed by atoms with van der Waals surface area (Å²) in [5.74, 6) is 0.635. The van der Waals surface area contributed by atoms with E-state index < -0.39 is 0 Å². The highest BCUT2D eigenvalue weighted by Crippen LogP contribution is 2.35. The molecule has 1 aromatic rings. The smallest absolute Gasteiger partial charge is 0.234 e. The summed E-state index contributed by atoms with van der Waals surface area (Å²) in [4.78, 5) is 14.6. The van der Waals surface area contributed by atoms with E-state index in [2.05, 4.69) is 13.8 Å². The van der Waals surface area contributed by atoms with E-state index in [4.69, 9.17) is 4.74 Å². The molecular weight excluding hydrogens is 254 g/mol. The van der Waals surface area contributed by atoms with E-state index in [1.807, 2.05) is 29.2 Å². The monoisotopic (exact) mass is 277 g/mol. The number of para-hydroxylation sites is 1. The maximum atomic E-state index is 12.8. The van der Waals surface area contributed by atoms with E-state index in [9.17, 15) is 9.90 Å². The van der Waals surface area contributed by atoms with E-state index in [-0.39, 0.29) is 24.5 Å². The first kappa shape index (κ1) is 14.9. The Labute approximate surface area is 120 Å². The lowest BCUT2D eigenvalue weighted by Gasteiger charge is -2.32. The van der Waals surface area contributed by atoms with Gasteiger partial charge in [-0.3, -0.25) is 4.79 Å². The number of fused-ring (bicyclic) bond motifs is 1. The topological polar surface area (TPSA) is 49.8 Å². The molecule has 1 amide bonds. The van der Waals surface area contributed by atoms with Crippen molar-refractivity contribution in [3.05, 3.63) is 29.8 Å². The fraction of sp³-hybridized carbons (Fsp3) is 0.562. The highest BCUT2D eigenvalue weighted by Gasteiger charge is 2.34. The molecule has 1 heterocycles. The zero-order valence-electron chi connectivity index (χ0n) is 12.2. The number of aliphatic hydroxyl groups excluding tert-OH is 1. The van der Waals surface area contributed by atoms with Gasteiger partial charge in [0.25, 0.3) is 0 Å². The SMILES string of the molecule is CCC(CC)N(CCO)C(=O)C1COc2ccccc21. The number of amides is 1. The Kier molecular flexibility index (Phi) is 5.01. The van der Waals surface area contributed by atoms with Crippen LogP contribution in [0.5, 0.6) is 5.75 Å². The molecule has 2 rings (SSSR count). The van der Waals surface area contributed by atoms with E-state index >= 15 is 0 Å². The summed E-state index contributed by atoms with van der Waals surface area (Å²) in [5, 5.41) is 9.24. The second-order valence-corrected chi connectivity index (χ2v) is 5.13. The van der Waals surface area contributed by atoms with Crippen LogP contribution in [0, 0.1) is 0 Å². The summed E-state index contributed by atoms with van der Waals surface area (Å²) in [6.07, 6.45) is 1.80. The minimum absolute atomic E-state index is 0.00252. The number of carbonyl (C=O) groups is 1. The van der Waals surface area contributed by atoms with Crippen molar-refractivity contribution in [2.24, 2.45) is 0 Å². The molecule has 1 N–H and O–H groups in total. The summed E-state index contributed by atoms with van der Waals surface area (Å²) in [6, 6.07) is 7.88. The lowest BCUT2D eigenvalue weighted by molar-refractivity contribution is -0.136. The molecule has 1 unspecified atom stereocenters. The molecule has 4 nitrogen and oxygen atoms in total. The summed E-state index contributed by atoms with van der Waals surface area (Å²) in [5.41, 5.74) is 0.964. The number of rotatable bonds is 6. The number of ether oxygens (including phenoxy) is 1. The summed E-state index contributed by atoms with van der Waals surface area (Å²) in [7, 11) is 0. The van der Waals surface area contributed by atoms with Crippen LogP contribution in [0.25, 0.3) is 0 Å². The van der Waals surface area contributed by atoms with Gasteiger partial charge in [0.05, 0.1) is 6.61 Å². The van der Waals surface area contributed by atoms with Crippen LogP contribution in [0.1, 0.15) is 38.2 Å². The minimum atomic E-state index is -0.238. The van der Waals surface area contributed by atoms with Crippen LogP contribution in [-0.4, -0.2) is 41.7 Å². The van der Waals surface area contributed by atoms with Gasteiger partial charge in [-0.1, -0.05) is 32.0 Å². The molecule has 0 fully saturated rings. The van der Waals surface area contributed by atoms with E-state index in [1.165, 1.54) is 0 Å². The molecule has 0 radical (unpaired) electrons. The van der Waals surface area contributed by atoms with Gasteiger partial charge in [0.15, 0.2) is 0 Å². The average molecular weight is 277 g/mol. The number of hydrogen-bond donors (Lipinski definition) is 1. The quantitative estimate of drug-likeness (QED) is 0.867. The van der Waals surface area contributed by atoms with Crippen LogP contribution >= 0.6 is 0 Å². The second-order valence-electron chi connectivity index (χ2n) is 5.13. The first-order valence-corrected chi connectivity index (χ1v) is 7.35. The van der Waals surface area contributed by atoms with Crippen LogP contribution in [0.3, 0.4) is 0 Å². The van der Waals surface area contributed by atoms with E-state index in [1.54, 1.807) is 0 Å². The summed E-state index contributed by atoms with van der Waals surface area (Å²) >= 11 is 0. The molecular formula is C16H23NO3. The lowest BCUT2D eigenvalue weighted by Crippen LogP contribution is -2.44. The van der Waals surface area contributed by atoms with Crippen LogP contribution < -0.4 is 4.74 Å². The molecule has 0 bridgehead atoms. The van der Waals surface area contributed by atoms with Gasteiger partial charge < -0.3 is 14.7 Å². The predicted octanol–water partition coefficient (Wildman–Crippen LogP) is 2.17. The highest BCUT2D eigenvalue weighted by atomic mass is 16.5. The maximum absolute atomic E-state index is 12.8. The number of benzene rings is 1. The Balaban J connectivity index is 2.20. The van der Waals surface area contributed by atoms with Gasteiger partial charge in [-0.25, -0.2) is 0 Å². The normalized spacial score (nSPS) is 16.9. The molecule has 4 heteroatoms. The van der Waals surface area contributed by atoms with Crippen LogP contribution in [0.4, 0.5) is 0 Å². The Morgan fingerprint density at radius 1 is 1.40 bits per heavy atom. The summed E-state index contributed by atoms with van der Waals surface area (Å²) < 4.78 is 5.60. The molecule has 0 aliphatic carbocycles. The van der Waals surface area contributed by atoms with Crippen molar-refractivity contribution < 1.29 is 14.6 Å². The Hall–Kier alpha value is -1.55. The molecule has 1 aliphatic rings. The van der Waals surface area contributed by atoms with Crippen LogP contribution in [0.15, 0.2) is 24.3 Å². The zero-order valence-corrected chi connectivity index (χ0v) is 12.2. The number of nitrogens with zero attached hydrogens (tertiary/aromatic N) is 1. The van der Waals surface area contributed by atoms with Crippen LogP contribution in [0.2, 0.25) is 0 Å². The van der Waals surface area contributed by atoms with E-state index in [0.29, 0.717) is 13.2 Å². The first-order chi connectivity index (χ1) is 9.72. The third-order valence-electron chi connectivity index (χ3n) is 4.01. The lowest BCUT2D eigenvalue weighted by atomic mass is 9.98. The van der Waals surface area contributed by atoms with Crippen molar-refractivity contribution in [1.29, 1.82) is 0 Å². The maximum Gasteiger partial charge on any atom is 0.234 e. The van der Waals surface area contributed by atoms with Gasteiger partial charge in [-0.2, -0.15) is 0 Å². The van der Waals surface area contributed by atoms with Crippen molar-refractivity contribution in [3.8, 4) is 5.75 Å². The van der Waals surface area contributed by atoms with Crippen molar-refractivity contribution in [2.75, 3.05) is 19.8 Å². The third-order valence-corrected chi connectivity index (χ3v) is 4.01. The van der Waals surface area contributed by atoms with Gasteiger partial charge in [0, 0.05) is 18.2 Å². The van der Waals surface area contributed by atoms with Gasteiger partial charge in [0.2, 0.25) is 5.91 Å². The van der Waals surface area contributed by atoms with Crippen molar-refractivity contribution in [2.45, 2.75) is 38.6 Å². The van der Waals surface area contributed by atoms with Crippen LogP contribution in [-0.2, 0) is 4.79 Å². The number of carbonyl (C=O) groups excluding carboxylic acids is 1. The standard InChI is InChI=1S/C16H23NO3/c1-3-12(4-2)17(9-10-18)16(19)14-11-20-15-8-6-5-7-13(14)15/h5-8,12,14,18H,3-4,9-11H2,1-2H3. The molecule has 110 valence electrons.